The van der Waals surface area contributed by atoms with Crippen LogP contribution in [0.2, 0.25) is 0 Å². The Hall–Kier alpha value is -5.00. The van der Waals surface area contributed by atoms with Crippen LogP contribution in [-0.2, 0) is 0 Å². The molecule has 12 heteroatoms. The minimum absolute atomic E-state index is 0. The van der Waals surface area contributed by atoms with Crippen LogP contribution in [-0.4, -0.2) is 43.1 Å². The van der Waals surface area contributed by atoms with Crippen molar-refractivity contribution in [3.63, 3.8) is 0 Å². The summed E-state index contributed by atoms with van der Waals surface area (Å²) in [5.41, 5.74) is 4.99. The second-order valence-electron chi connectivity index (χ2n) is 8.33. The molecule has 2 aromatic carbocycles. The number of H-pyrrole nitrogens is 2. The van der Waals surface area contributed by atoms with Gasteiger partial charge in [-0.25, -0.2) is 29.5 Å². The molecule has 8 N–H and O–H groups in total. The van der Waals surface area contributed by atoms with Crippen LogP contribution in [0, 0.1) is 0 Å². The lowest BCUT2D eigenvalue weighted by Gasteiger charge is -2.06. The molecule has 0 fully saturated rings. The number of nitrogens with zero attached hydrogens (tertiary/aromatic N) is 2. The number of fused-ring (bicyclic) bond motifs is 2. The third-order valence-corrected chi connectivity index (χ3v) is 5.92. The van der Waals surface area contributed by atoms with Gasteiger partial charge < -0.3 is 46.0 Å². The zero-order valence-electron chi connectivity index (χ0n) is 21.8. The van der Waals surface area contributed by atoms with Crippen molar-refractivity contribution in [2.45, 2.75) is 0 Å². The number of rotatable bonds is 4. The van der Waals surface area contributed by atoms with Gasteiger partial charge in [0.25, 0.3) is 0 Å². The Morgan fingerprint density at radius 1 is 0.548 bits per heavy atom. The first-order valence-electron chi connectivity index (χ1n) is 11.7. The Morgan fingerprint density at radius 2 is 0.881 bits per heavy atom. The number of aromatic nitrogens is 4. The maximum Gasteiger partial charge on any atom is 0.336 e. The minimum atomic E-state index is -0.942. The van der Waals surface area contributed by atoms with Gasteiger partial charge in [0, 0.05) is 46.2 Å². The third kappa shape index (κ3) is 7.59. The molecule has 0 aliphatic heterocycles. The molecule has 6 aromatic rings. The van der Waals surface area contributed by atoms with Crippen LogP contribution in [0.25, 0.3) is 44.3 Å². The van der Waals surface area contributed by atoms with Crippen molar-refractivity contribution in [3.05, 3.63) is 121 Å². The summed E-state index contributed by atoms with van der Waals surface area (Å²) in [6.45, 7) is 0. The Morgan fingerprint density at radius 3 is 1.21 bits per heavy atom. The van der Waals surface area contributed by atoms with Crippen molar-refractivity contribution in [3.8, 4) is 22.5 Å². The highest BCUT2D eigenvalue weighted by atomic mass is 35.5. The zero-order valence-corrected chi connectivity index (χ0v) is 23.3. The third-order valence-electron chi connectivity index (χ3n) is 5.92. The van der Waals surface area contributed by atoms with E-state index in [1.807, 2.05) is 60.7 Å². The molecule has 0 amide bonds. The average molecular weight is 609 g/mol. The topological polar surface area (TPSA) is 192 Å². The van der Waals surface area contributed by atoms with Crippen molar-refractivity contribution < 1.29 is 65.5 Å². The van der Waals surface area contributed by atoms with Crippen LogP contribution < -0.4 is 34.8 Å². The number of benzene rings is 2. The predicted octanol–water partition coefficient (Wildman–Crippen LogP) is -2.81. The van der Waals surface area contributed by atoms with E-state index in [9.17, 15) is 19.8 Å². The molecule has 0 unspecified atom stereocenters. The van der Waals surface area contributed by atoms with Crippen LogP contribution in [0.15, 0.2) is 110 Å². The van der Waals surface area contributed by atoms with Gasteiger partial charge in [0.2, 0.25) is 0 Å². The lowest BCUT2D eigenvalue weighted by molar-refractivity contribution is -0.378. The fourth-order valence-corrected chi connectivity index (χ4v) is 4.12. The molecule has 6 rings (SSSR count). The second-order valence-corrected chi connectivity index (χ2v) is 8.33. The van der Waals surface area contributed by atoms with E-state index in [1.54, 1.807) is 49.1 Å². The van der Waals surface area contributed by atoms with Gasteiger partial charge in [-0.2, -0.15) is 0 Å². The number of hydrogen-bond donors (Lipinski definition) is 2. The molecule has 42 heavy (non-hydrogen) atoms. The van der Waals surface area contributed by atoms with Gasteiger partial charge in [0.05, 0.1) is 33.5 Å². The van der Waals surface area contributed by atoms with E-state index in [4.69, 9.17) is 0 Å². The molecule has 0 radical (unpaired) electrons. The molecule has 10 nitrogen and oxygen atoms in total. The molecule has 0 saturated heterocycles. The summed E-state index contributed by atoms with van der Waals surface area (Å²) in [4.78, 5) is 37.6. The number of pyridine rings is 4. The maximum absolute atomic E-state index is 11.4. The molecule has 4 aromatic heterocycles. The molecule has 0 aliphatic rings. The highest BCUT2D eigenvalue weighted by Gasteiger charge is 2.14. The maximum atomic E-state index is 11.4. The number of carboxylic acid groups (broad SMARTS) is 2. The SMILES string of the molecule is O.O.O=C(O)c1cc(-c2cc[nH+]cc2)nc2ccccc12.O=C(O)c1cc(-c2cc[nH+]cc2)nc2ccccc12.[Cl-].[Cl-]. The van der Waals surface area contributed by atoms with Crippen LogP contribution >= 0.6 is 0 Å². The van der Waals surface area contributed by atoms with Crippen molar-refractivity contribution >= 4 is 33.7 Å². The number of nitrogens with one attached hydrogen (secondary N) is 2. The van der Waals surface area contributed by atoms with Gasteiger partial charge in [-0.1, -0.05) is 36.4 Å². The van der Waals surface area contributed by atoms with Crippen LogP contribution in [0.5, 0.6) is 0 Å². The molecular weight excluding hydrogens is 583 g/mol. The Bertz CT molecular complexity index is 1660. The largest absolute Gasteiger partial charge is 1.00 e. The molecule has 0 saturated carbocycles. The van der Waals surface area contributed by atoms with Crippen molar-refractivity contribution in [1.29, 1.82) is 0 Å². The number of halogens is 2. The smallest absolute Gasteiger partial charge is 0.336 e. The molecule has 4 heterocycles. The first-order chi connectivity index (χ1) is 18.5. The van der Waals surface area contributed by atoms with E-state index in [1.165, 1.54) is 0 Å². The van der Waals surface area contributed by atoms with Gasteiger partial charge in [0.15, 0.2) is 24.8 Å². The lowest BCUT2D eigenvalue weighted by atomic mass is 10.0. The number of aromatic carboxylic acids is 2. The average Bonchev–Trinajstić information content (AvgIpc) is 2.97. The van der Waals surface area contributed by atoms with Gasteiger partial charge in [-0.05, 0) is 24.3 Å². The fourth-order valence-electron chi connectivity index (χ4n) is 4.12. The summed E-state index contributed by atoms with van der Waals surface area (Å²) in [5.74, 6) is -1.88. The van der Waals surface area contributed by atoms with E-state index >= 15 is 0 Å². The highest BCUT2D eigenvalue weighted by Crippen LogP contribution is 2.25. The van der Waals surface area contributed by atoms with Gasteiger partial charge in [-0.3, -0.25) is 0 Å². The summed E-state index contributed by atoms with van der Waals surface area (Å²) in [7, 11) is 0. The van der Waals surface area contributed by atoms with Crippen molar-refractivity contribution in [2.24, 2.45) is 0 Å². The molecular formula is C30H26Cl2N4O6. The summed E-state index contributed by atoms with van der Waals surface area (Å²) >= 11 is 0. The first kappa shape index (κ1) is 35.0. The number of aromatic amines is 2. The molecule has 0 bridgehead atoms. The van der Waals surface area contributed by atoms with Crippen molar-refractivity contribution in [1.82, 2.24) is 9.97 Å². The normalized spacial score (nSPS) is 9.52. The standard InChI is InChI=1S/2C15H10N2O2.2ClH.2H2O/c2*18-15(19)12-9-14(10-5-7-16-8-6-10)17-13-4-2-1-3-11(12)13;;;;/h2*1-9H,(H,18,19);2*1H;2*1H2. The quantitative estimate of drug-likeness (QED) is 0.217. The Balaban J connectivity index is 0.000000383. The Labute approximate surface area is 252 Å². The summed E-state index contributed by atoms with van der Waals surface area (Å²) in [5, 5.41) is 19.9. The van der Waals surface area contributed by atoms with E-state index in [0.717, 1.165) is 11.1 Å². The molecule has 216 valence electrons. The Kier molecular flexibility index (Phi) is 13.1. The first-order valence-corrected chi connectivity index (χ1v) is 11.7. The molecule has 0 spiro atoms. The van der Waals surface area contributed by atoms with Crippen LogP contribution in [0.4, 0.5) is 0 Å². The lowest BCUT2D eigenvalue weighted by Crippen LogP contribution is -3.00. The number of para-hydroxylation sites is 2. The molecule has 0 atom stereocenters. The minimum Gasteiger partial charge on any atom is -1.00 e. The monoisotopic (exact) mass is 608 g/mol. The fraction of sp³-hybridized carbons (Fsp3) is 0. The van der Waals surface area contributed by atoms with E-state index in [0.29, 0.717) is 33.2 Å². The highest BCUT2D eigenvalue weighted by molar-refractivity contribution is 6.04. The van der Waals surface area contributed by atoms with E-state index < -0.39 is 11.9 Å². The zero-order chi connectivity index (χ0) is 26.5. The van der Waals surface area contributed by atoms with Gasteiger partial charge >= 0.3 is 11.9 Å². The van der Waals surface area contributed by atoms with Crippen molar-refractivity contribution in [2.75, 3.05) is 0 Å². The van der Waals surface area contributed by atoms with Crippen LogP contribution in [0.1, 0.15) is 20.7 Å². The summed E-state index contributed by atoms with van der Waals surface area (Å²) in [6, 6.07) is 25.2. The van der Waals surface area contributed by atoms with E-state index in [2.05, 4.69) is 19.9 Å². The van der Waals surface area contributed by atoms with Gasteiger partial charge in [-0.15, -0.1) is 0 Å². The number of carbonyl (C=O) groups is 2. The number of hydrogen-bond acceptors (Lipinski definition) is 4. The van der Waals surface area contributed by atoms with Gasteiger partial charge in [0.1, 0.15) is 0 Å². The summed E-state index contributed by atoms with van der Waals surface area (Å²) in [6.07, 6.45) is 7.14. The predicted molar refractivity (Wildman–Crippen MR) is 149 cm³/mol. The summed E-state index contributed by atoms with van der Waals surface area (Å²) < 4.78 is 0. The second kappa shape index (κ2) is 15.7. The van der Waals surface area contributed by atoms with Crippen LogP contribution in [0.3, 0.4) is 0 Å². The molecule has 0 aliphatic carbocycles. The van der Waals surface area contributed by atoms with E-state index in [-0.39, 0.29) is 46.9 Å². The number of carboxylic acids is 2.